The minimum Gasteiger partial charge on any atom is -0.343 e. The fourth-order valence-corrected chi connectivity index (χ4v) is 3.06. The number of rotatable bonds is 5. The molecular weight excluding hydrogens is 306 g/mol. The SMILES string of the molecule is CCC1CCCN(C(=O)CCc2nc(-c3ncccn3)no2)CC1. The van der Waals surface area contributed by atoms with Gasteiger partial charge in [0.25, 0.3) is 0 Å². The lowest BCUT2D eigenvalue weighted by molar-refractivity contribution is -0.131. The van der Waals surface area contributed by atoms with Gasteiger partial charge in [-0.2, -0.15) is 4.98 Å². The maximum atomic E-state index is 12.4. The van der Waals surface area contributed by atoms with Crippen LogP contribution in [0.15, 0.2) is 23.0 Å². The third-order valence-corrected chi connectivity index (χ3v) is 4.56. The van der Waals surface area contributed by atoms with E-state index >= 15 is 0 Å². The van der Waals surface area contributed by atoms with E-state index in [4.69, 9.17) is 4.52 Å². The number of nitrogens with zero attached hydrogens (tertiary/aromatic N) is 5. The summed E-state index contributed by atoms with van der Waals surface area (Å²) in [7, 11) is 0. The lowest BCUT2D eigenvalue weighted by atomic mass is 9.98. The van der Waals surface area contributed by atoms with E-state index in [2.05, 4.69) is 27.0 Å². The monoisotopic (exact) mass is 329 g/mol. The summed E-state index contributed by atoms with van der Waals surface area (Å²) in [4.78, 5) is 26.8. The van der Waals surface area contributed by atoms with Crippen LogP contribution in [-0.2, 0) is 11.2 Å². The molecular formula is C17H23N5O2. The van der Waals surface area contributed by atoms with Crippen LogP contribution >= 0.6 is 0 Å². The minimum absolute atomic E-state index is 0.169. The van der Waals surface area contributed by atoms with Crippen molar-refractivity contribution in [2.24, 2.45) is 5.92 Å². The first-order chi connectivity index (χ1) is 11.8. The molecule has 1 fully saturated rings. The molecule has 0 spiro atoms. The zero-order valence-electron chi connectivity index (χ0n) is 14.0. The smallest absolute Gasteiger partial charge is 0.240 e. The molecule has 0 aromatic carbocycles. The molecule has 7 heteroatoms. The van der Waals surface area contributed by atoms with Gasteiger partial charge in [-0.1, -0.05) is 18.5 Å². The third kappa shape index (κ3) is 4.15. The molecule has 1 unspecified atom stereocenters. The van der Waals surface area contributed by atoms with Crippen molar-refractivity contribution in [3.63, 3.8) is 0 Å². The summed E-state index contributed by atoms with van der Waals surface area (Å²) in [6, 6.07) is 1.73. The second-order valence-corrected chi connectivity index (χ2v) is 6.17. The van der Waals surface area contributed by atoms with Gasteiger partial charge in [0.05, 0.1) is 0 Å². The molecule has 0 radical (unpaired) electrons. The highest BCUT2D eigenvalue weighted by Gasteiger charge is 2.20. The maximum Gasteiger partial charge on any atom is 0.240 e. The van der Waals surface area contributed by atoms with E-state index in [9.17, 15) is 4.79 Å². The predicted molar refractivity (Wildman–Crippen MR) is 87.9 cm³/mol. The number of hydrogen-bond donors (Lipinski definition) is 0. The van der Waals surface area contributed by atoms with Gasteiger partial charge in [-0.3, -0.25) is 4.79 Å². The van der Waals surface area contributed by atoms with Crippen LogP contribution < -0.4 is 0 Å². The van der Waals surface area contributed by atoms with Crippen LogP contribution in [0, 0.1) is 5.92 Å². The molecule has 1 aliphatic rings. The Balaban J connectivity index is 1.52. The minimum atomic E-state index is 0.169. The Hall–Kier alpha value is -2.31. The Morgan fingerprint density at radius 1 is 1.25 bits per heavy atom. The first kappa shape index (κ1) is 16.5. The van der Waals surface area contributed by atoms with Gasteiger partial charge < -0.3 is 9.42 Å². The van der Waals surface area contributed by atoms with Crippen LogP contribution in [0.1, 0.15) is 44.9 Å². The van der Waals surface area contributed by atoms with E-state index < -0.39 is 0 Å². The lowest BCUT2D eigenvalue weighted by Crippen LogP contribution is -2.32. The van der Waals surface area contributed by atoms with Crippen molar-refractivity contribution in [2.75, 3.05) is 13.1 Å². The molecule has 7 nitrogen and oxygen atoms in total. The summed E-state index contributed by atoms with van der Waals surface area (Å²) < 4.78 is 5.20. The van der Waals surface area contributed by atoms with Gasteiger partial charge in [0.2, 0.25) is 23.4 Å². The van der Waals surface area contributed by atoms with Gasteiger partial charge in [-0.05, 0) is 31.2 Å². The van der Waals surface area contributed by atoms with E-state index in [1.807, 2.05) is 4.90 Å². The van der Waals surface area contributed by atoms with E-state index in [1.165, 1.54) is 12.8 Å². The number of aryl methyl sites for hydroxylation is 1. The molecule has 1 amide bonds. The molecule has 0 aliphatic carbocycles. The summed E-state index contributed by atoms with van der Waals surface area (Å²) in [6.45, 7) is 3.96. The van der Waals surface area contributed by atoms with Gasteiger partial charge in [0, 0.05) is 38.3 Å². The molecule has 0 bridgehead atoms. The Bertz CT molecular complexity index is 658. The van der Waals surface area contributed by atoms with Crippen molar-refractivity contribution in [2.45, 2.75) is 45.4 Å². The second kappa shape index (κ2) is 7.99. The normalized spacial score (nSPS) is 18.4. The number of amides is 1. The Morgan fingerprint density at radius 3 is 2.88 bits per heavy atom. The first-order valence-electron chi connectivity index (χ1n) is 8.64. The van der Waals surface area contributed by atoms with Crippen LogP contribution in [0.25, 0.3) is 11.6 Å². The summed E-state index contributed by atoms with van der Waals surface area (Å²) in [5.74, 6) is 2.16. The molecule has 0 saturated carbocycles. The van der Waals surface area contributed by atoms with E-state index in [0.29, 0.717) is 30.4 Å². The van der Waals surface area contributed by atoms with Crippen molar-refractivity contribution >= 4 is 5.91 Å². The van der Waals surface area contributed by atoms with E-state index in [1.54, 1.807) is 18.5 Å². The molecule has 128 valence electrons. The first-order valence-corrected chi connectivity index (χ1v) is 8.64. The van der Waals surface area contributed by atoms with E-state index in [-0.39, 0.29) is 5.91 Å². The standard InChI is InChI=1S/C17H23N5O2/c1-2-13-5-3-11-22(12-8-13)15(23)7-6-14-20-17(21-24-14)16-18-9-4-10-19-16/h4,9-10,13H,2-3,5-8,11-12H2,1H3. The van der Waals surface area contributed by atoms with E-state index in [0.717, 1.165) is 31.8 Å². The molecule has 1 aliphatic heterocycles. The molecule has 3 heterocycles. The average Bonchev–Trinajstić information content (AvgIpc) is 2.97. The second-order valence-electron chi connectivity index (χ2n) is 6.17. The van der Waals surface area contributed by atoms with Crippen molar-refractivity contribution in [3.05, 3.63) is 24.4 Å². The van der Waals surface area contributed by atoms with Crippen LogP contribution in [0.3, 0.4) is 0 Å². The fraction of sp³-hybridized carbons (Fsp3) is 0.588. The maximum absolute atomic E-state index is 12.4. The predicted octanol–water partition coefficient (Wildman–Crippen LogP) is 2.50. The highest BCUT2D eigenvalue weighted by Crippen LogP contribution is 2.21. The molecule has 3 rings (SSSR count). The summed E-state index contributed by atoms with van der Waals surface area (Å²) >= 11 is 0. The van der Waals surface area contributed by atoms with Crippen LogP contribution in [-0.4, -0.2) is 44.0 Å². The van der Waals surface area contributed by atoms with Gasteiger partial charge >= 0.3 is 0 Å². The van der Waals surface area contributed by atoms with Crippen LogP contribution in [0.2, 0.25) is 0 Å². The van der Waals surface area contributed by atoms with Gasteiger partial charge in [0.1, 0.15) is 0 Å². The van der Waals surface area contributed by atoms with Crippen molar-refractivity contribution in [1.82, 2.24) is 25.0 Å². The number of carbonyl (C=O) groups is 1. The van der Waals surface area contributed by atoms with Crippen molar-refractivity contribution < 1.29 is 9.32 Å². The zero-order valence-corrected chi connectivity index (χ0v) is 14.0. The quantitative estimate of drug-likeness (QED) is 0.838. The van der Waals surface area contributed by atoms with Gasteiger partial charge in [-0.25, -0.2) is 9.97 Å². The van der Waals surface area contributed by atoms with Crippen molar-refractivity contribution in [1.29, 1.82) is 0 Å². The Kier molecular flexibility index (Phi) is 5.51. The topological polar surface area (TPSA) is 85.0 Å². The molecule has 2 aromatic rings. The molecule has 1 saturated heterocycles. The highest BCUT2D eigenvalue weighted by atomic mass is 16.5. The largest absolute Gasteiger partial charge is 0.343 e. The van der Waals surface area contributed by atoms with Crippen LogP contribution in [0.4, 0.5) is 0 Å². The number of aromatic nitrogens is 4. The van der Waals surface area contributed by atoms with Crippen molar-refractivity contribution in [3.8, 4) is 11.6 Å². The van der Waals surface area contributed by atoms with Gasteiger partial charge in [-0.15, -0.1) is 0 Å². The number of likely N-dealkylation sites (tertiary alicyclic amines) is 1. The molecule has 1 atom stereocenters. The Morgan fingerprint density at radius 2 is 2.08 bits per heavy atom. The third-order valence-electron chi connectivity index (χ3n) is 4.56. The zero-order chi connectivity index (χ0) is 16.8. The number of carbonyl (C=O) groups excluding carboxylic acids is 1. The molecule has 0 N–H and O–H groups in total. The molecule has 24 heavy (non-hydrogen) atoms. The fourth-order valence-electron chi connectivity index (χ4n) is 3.06. The summed E-state index contributed by atoms with van der Waals surface area (Å²) in [5, 5.41) is 3.88. The van der Waals surface area contributed by atoms with Gasteiger partial charge in [0.15, 0.2) is 0 Å². The summed E-state index contributed by atoms with van der Waals surface area (Å²) in [6.07, 6.45) is 8.74. The lowest BCUT2D eigenvalue weighted by Gasteiger charge is -2.20. The Labute approximate surface area is 141 Å². The average molecular weight is 329 g/mol. The van der Waals surface area contributed by atoms with Crippen LogP contribution in [0.5, 0.6) is 0 Å². The molecule has 2 aromatic heterocycles. The number of hydrogen-bond acceptors (Lipinski definition) is 6. The highest BCUT2D eigenvalue weighted by molar-refractivity contribution is 5.76. The summed E-state index contributed by atoms with van der Waals surface area (Å²) in [5.41, 5.74) is 0.